The fraction of sp³-hybridized carbons (Fsp3) is 0.667. The second-order valence-electron chi connectivity index (χ2n) is 6.09. The molecular formula is C15H21N3O5. The van der Waals surface area contributed by atoms with Crippen molar-refractivity contribution in [3.63, 3.8) is 0 Å². The molecule has 0 aromatic carbocycles. The minimum absolute atomic E-state index is 0.0257. The van der Waals surface area contributed by atoms with Gasteiger partial charge in [0.05, 0.1) is 6.61 Å². The summed E-state index contributed by atoms with van der Waals surface area (Å²) in [6.07, 6.45) is 1.71. The Morgan fingerprint density at radius 1 is 1.57 bits per heavy atom. The number of nitrogens with zero attached hydrogens (tertiary/aromatic N) is 2. The van der Waals surface area contributed by atoms with Crippen LogP contribution in [0.4, 0.5) is 0 Å². The lowest BCUT2D eigenvalue weighted by molar-refractivity contribution is -0.222. The summed E-state index contributed by atoms with van der Waals surface area (Å²) in [5.74, 6) is -0.837. The number of rotatable bonds is 5. The van der Waals surface area contributed by atoms with Gasteiger partial charge in [0.25, 0.3) is 5.56 Å². The Morgan fingerprint density at radius 2 is 2.26 bits per heavy atom. The van der Waals surface area contributed by atoms with E-state index in [1.165, 1.54) is 17.9 Å². The third kappa shape index (κ3) is 3.69. The maximum atomic E-state index is 11.9. The molecule has 2 heterocycles. The predicted molar refractivity (Wildman–Crippen MR) is 80.8 cm³/mol. The van der Waals surface area contributed by atoms with E-state index in [4.69, 9.17) is 14.2 Å². The predicted octanol–water partition coefficient (Wildman–Crippen LogP) is 0.816. The van der Waals surface area contributed by atoms with Gasteiger partial charge in [-0.05, 0) is 33.6 Å². The molecule has 126 valence electrons. The fourth-order valence-corrected chi connectivity index (χ4v) is 2.30. The number of aryl methyl sites for hydroxylation is 1. The van der Waals surface area contributed by atoms with Gasteiger partial charge in [-0.15, -0.1) is 0 Å². The molecule has 1 aliphatic rings. The lowest BCUT2D eigenvalue weighted by atomic mass is 10.0. The third-order valence-corrected chi connectivity index (χ3v) is 3.96. The Hall–Kier alpha value is -1.95. The Bertz CT molecular complexity index is 730. The number of aromatic amines is 1. The van der Waals surface area contributed by atoms with Gasteiger partial charge >= 0.3 is 5.69 Å². The van der Waals surface area contributed by atoms with Crippen LogP contribution in [0.3, 0.4) is 0 Å². The molecule has 1 fully saturated rings. The molecule has 23 heavy (non-hydrogen) atoms. The van der Waals surface area contributed by atoms with Gasteiger partial charge < -0.3 is 14.2 Å². The molecule has 0 bridgehead atoms. The summed E-state index contributed by atoms with van der Waals surface area (Å²) < 4.78 is 17.9. The molecule has 8 nitrogen and oxygen atoms in total. The average Bonchev–Trinajstić information content (AvgIpc) is 2.94. The van der Waals surface area contributed by atoms with Crippen LogP contribution in [0.15, 0.2) is 15.8 Å². The van der Waals surface area contributed by atoms with E-state index in [1.807, 2.05) is 0 Å². The van der Waals surface area contributed by atoms with E-state index in [-0.39, 0.29) is 6.61 Å². The Balaban J connectivity index is 2.19. The first kappa shape index (κ1) is 17.4. The van der Waals surface area contributed by atoms with E-state index in [0.717, 1.165) is 0 Å². The summed E-state index contributed by atoms with van der Waals surface area (Å²) in [5.41, 5.74) is -1.73. The Labute approximate surface area is 133 Å². The van der Waals surface area contributed by atoms with Gasteiger partial charge in [-0.1, -0.05) is 0 Å². The summed E-state index contributed by atoms with van der Waals surface area (Å²) in [6.45, 7) is 5.10. The van der Waals surface area contributed by atoms with Crippen molar-refractivity contribution in [2.24, 2.45) is 0 Å². The van der Waals surface area contributed by atoms with Crippen molar-refractivity contribution in [2.45, 2.75) is 51.2 Å². The maximum absolute atomic E-state index is 11.9. The van der Waals surface area contributed by atoms with Crippen LogP contribution >= 0.6 is 0 Å². The van der Waals surface area contributed by atoms with Crippen LogP contribution in [0.1, 0.15) is 38.5 Å². The van der Waals surface area contributed by atoms with Crippen LogP contribution in [0.2, 0.25) is 0 Å². The van der Waals surface area contributed by atoms with Crippen LogP contribution in [0.25, 0.3) is 0 Å². The lowest BCUT2D eigenvalue weighted by Crippen LogP contribution is -2.40. The first-order chi connectivity index (χ1) is 10.7. The zero-order valence-corrected chi connectivity index (χ0v) is 13.7. The first-order valence-electron chi connectivity index (χ1n) is 7.32. The fourth-order valence-electron chi connectivity index (χ4n) is 2.30. The van der Waals surface area contributed by atoms with Crippen LogP contribution in [0.5, 0.6) is 0 Å². The standard InChI is InChI=1S/C15H21N3O5/c1-10-7-18(13(20)17-12(10)19)11-5-6-15(8-16,23-11)9-22-14(2,3)21-4/h7,11H,5-6,9H2,1-4H3,(H,17,19,20). The van der Waals surface area contributed by atoms with Gasteiger partial charge in [0, 0.05) is 18.9 Å². The number of hydrogen-bond acceptors (Lipinski definition) is 6. The average molecular weight is 323 g/mol. The van der Waals surface area contributed by atoms with Crippen molar-refractivity contribution in [1.82, 2.24) is 9.55 Å². The van der Waals surface area contributed by atoms with Gasteiger partial charge in [0.15, 0.2) is 11.4 Å². The molecule has 0 saturated carbocycles. The molecule has 0 radical (unpaired) electrons. The normalized spacial score (nSPS) is 24.6. The monoisotopic (exact) mass is 323 g/mol. The van der Waals surface area contributed by atoms with Crippen LogP contribution in [-0.4, -0.2) is 34.7 Å². The molecule has 2 unspecified atom stereocenters. The van der Waals surface area contributed by atoms with Crippen molar-refractivity contribution in [3.8, 4) is 6.07 Å². The molecule has 0 amide bonds. The number of methoxy groups -OCH3 is 1. The number of nitriles is 1. The number of hydrogen-bond donors (Lipinski definition) is 1. The van der Waals surface area contributed by atoms with Crippen LogP contribution in [-0.2, 0) is 14.2 Å². The van der Waals surface area contributed by atoms with Crippen molar-refractivity contribution < 1.29 is 14.2 Å². The van der Waals surface area contributed by atoms with E-state index >= 15 is 0 Å². The molecule has 1 N–H and O–H groups in total. The highest BCUT2D eigenvalue weighted by atomic mass is 16.7. The zero-order valence-electron chi connectivity index (χ0n) is 13.7. The smallest absolute Gasteiger partial charge is 0.330 e. The molecular weight excluding hydrogens is 302 g/mol. The summed E-state index contributed by atoms with van der Waals surface area (Å²) in [6, 6.07) is 2.13. The van der Waals surface area contributed by atoms with E-state index in [2.05, 4.69) is 11.1 Å². The highest BCUT2D eigenvalue weighted by Gasteiger charge is 2.43. The molecule has 2 atom stereocenters. The number of ether oxygens (including phenoxy) is 3. The van der Waals surface area contributed by atoms with Gasteiger partial charge in [-0.25, -0.2) is 4.79 Å². The van der Waals surface area contributed by atoms with Gasteiger partial charge in [-0.3, -0.25) is 14.3 Å². The van der Waals surface area contributed by atoms with Crippen LogP contribution < -0.4 is 11.2 Å². The molecule has 0 aliphatic carbocycles. The first-order valence-corrected chi connectivity index (χ1v) is 7.32. The highest BCUT2D eigenvalue weighted by Crippen LogP contribution is 2.36. The maximum Gasteiger partial charge on any atom is 0.330 e. The molecule has 2 rings (SSSR count). The third-order valence-electron chi connectivity index (χ3n) is 3.96. The second kappa shape index (κ2) is 6.28. The van der Waals surface area contributed by atoms with Crippen molar-refractivity contribution in [1.29, 1.82) is 5.26 Å². The summed E-state index contributed by atoms with van der Waals surface area (Å²) in [7, 11) is 1.51. The Morgan fingerprint density at radius 3 is 2.87 bits per heavy atom. The molecule has 1 aromatic rings. The number of nitrogens with one attached hydrogen (secondary N) is 1. The summed E-state index contributed by atoms with van der Waals surface area (Å²) in [5, 5.41) is 9.48. The summed E-state index contributed by atoms with van der Waals surface area (Å²) in [4.78, 5) is 25.6. The van der Waals surface area contributed by atoms with Crippen molar-refractivity contribution >= 4 is 0 Å². The largest absolute Gasteiger partial charge is 0.354 e. The van der Waals surface area contributed by atoms with Crippen LogP contribution in [0, 0.1) is 18.3 Å². The molecule has 8 heteroatoms. The van der Waals surface area contributed by atoms with E-state index in [9.17, 15) is 14.9 Å². The molecule has 1 aromatic heterocycles. The number of H-pyrrole nitrogens is 1. The van der Waals surface area contributed by atoms with Crippen molar-refractivity contribution in [3.05, 3.63) is 32.6 Å². The van der Waals surface area contributed by atoms with E-state index < -0.39 is 28.9 Å². The topological polar surface area (TPSA) is 106 Å². The van der Waals surface area contributed by atoms with Gasteiger partial charge in [-0.2, -0.15) is 5.26 Å². The number of aromatic nitrogens is 2. The second-order valence-corrected chi connectivity index (χ2v) is 6.09. The zero-order chi connectivity index (χ0) is 17.3. The quantitative estimate of drug-likeness (QED) is 0.804. The molecule has 1 aliphatic heterocycles. The van der Waals surface area contributed by atoms with Gasteiger partial charge in [0.2, 0.25) is 0 Å². The molecule has 0 spiro atoms. The SMILES string of the molecule is COC(C)(C)OCC1(C#N)CCC(n2cc(C)c(=O)[nH]c2=O)O1. The molecule has 1 saturated heterocycles. The summed E-state index contributed by atoms with van der Waals surface area (Å²) >= 11 is 0. The highest BCUT2D eigenvalue weighted by molar-refractivity contribution is 5.07. The lowest BCUT2D eigenvalue weighted by Gasteiger charge is -2.29. The minimum atomic E-state index is -1.15. The van der Waals surface area contributed by atoms with Gasteiger partial charge in [0.1, 0.15) is 12.3 Å². The Kier molecular flexibility index (Phi) is 4.75. The minimum Gasteiger partial charge on any atom is -0.354 e. The van der Waals surface area contributed by atoms with E-state index in [0.29, 0.717) is 18.4 Å². The van der Waals surface area contributed by atoms with Crippen molar-refractivity contribution in [2.75, 3.05) is 13.7 Å². The van der Waals surface area contributed by atoms with E-state index in [1.54, 1.807) is 20.8 Å².